The van der Waals surface area contributed by atoms with Crippen molar-refractivity contribution in [3.8, 4) is 0 Å². The molecule has 28 heavy (non-hydrogen) atoms. The first-order chi connectivity index (χ1) is 13.8. The highest BCUT2D eigenvalue weighted by atomic mass is 15.4. The summed E-state index contributed by atoms with van der Waals surface area (Å²) in [5.74, 6) is 1.33. The van der Waals surface area contributed by atoms with Crippen molar-refractivity contribution in [1.82, 2.24) is 24.6 Å². The molecule has 0 spiro atoms. The topological polar surface area (TPSA) is 88.5 Å². The van der Waals surface area contributed by atoms with E-state index in [0.29, 0.717) is 12.5 Å². The largest absolute Gasteiger partial charge is 0.370 e. The number of hydrogen-bond acceptors (Lipinski definition) is 5. The minimum Gasteiger partial charge on any atom is -0.370 e. The van der Waals surface area contributed by atoms with Crippen molar-refractivity contribution in [2.45, 2.75) is 13.1 Å². The highest BCUT2D eigenvalue weighted by Gasteiger charge is 2.19. The summed E-state index contributed by atoms with van der Waals surface area (Å²) >= 11 is 0. The minimum atomic E-state index is 0.482. The maximum atomic E-state index is 6.20. The molecule has 2 N–H and O–H groups in total. The molecule has 0 saturated carbocycles. The van der Waals surface area contributed by atoms with Gasteiger partial charge in [-0.15, -0.1) is 0 Å². The van der Waals surface area contributed by atoms with Gasteiger partial charge in [0.05, 0.1) is 18.8 Å². The molecule has 0 atom stereocenters. The summed E-state index contributed by atoms with van der Waals surface area (Å²) in [6.45, 7) is 4.49. The Morgan fingerprint density at radius 1 is 0.964 bits per heavy atom. The third kappa shape index (κ3) is 4.46. The number of nitrogens with zero attached hydrogens (tertiary/aromatic N) is 7. The second kappa shape index (κ2) is 8.51. The van der Waals surface area contributed by atoms with Crippen LogP contribution < -0.4 is 10.6 Å². The van der Waals surface area contributed by atoms with E-state index in [1.54, 1.807) is 12.4 Å². The zero-order valence-electron chi connectivity index (χ0n) is 15.7. The molecule has 1 aliphatic heterocycles. The summed E-state index contributed by atoms with van der Waals surface area (Å²) in [5.41, 5.74) is 8.34. The third-order valence-electron chi connectivity index (χ3n) is 4.72. The molecular formula is C20H24N8. The van der Waals surface area contributed by atoms with Gasteiger partial charge in [0.2, 0.25) is 5.95 Å². The molecule has 1 aliphatic rings. The summed E-state index contributed by atoms with van der Waals surface area (Å²) in [7, 11) is 0. The predicted molar refractivity (Wildman–Crippen MR) is 109 cm³/mol. The summed E-state index contributed by atoms with van der Waals surface area (Å²) in [5, 5.41) is 4.59. The van der Waals surface area contributed by atoms with Crippen molar-refractivity contribution < 1.29 is 0 Å². The molecule has 0 unspecified atom stereocenters. The molecule has 0 amide bonds. The van der Waals surface area contributed by atoms with Crippen LogP contribution in [-0.4, -0.2) is 56.8 Å². The second-order valence-electron chi connectivity index (χ2n) is 6.69. The molecule has 3 aromatic rings. The third-order valence-corrected chi connectivity index (χ3v) is 4.72. The van der Waals surface area contributed by atoms with Gasteiger partial charge in [0.25, 0.3) is 0 Å². The molecule has 4 rings (SSSR count). The predicted octanol–water partition coefficient (Wildman–Crippen LogP) is 1.36. The maximum Gasteiger partial charge on any atom is 0.225 e. The van der Waals surface area contributed by atoms with E-state index in [1.165, 1.54) is 5.56 Å². The lowest BCUT2D eigenvalue weighted by Gasteiger charge is -2.35. The monoisotopic (exact) mass is 376 g/mol. The van der Waals surface area contributed by atoms with Crippen LogP contribution in [-0.2, 0) is 13.1 Å². The van der Waals surface area contributed by atoms with Crippen LogP contribution in [0.1, 0.15) is 11.3 Å². The molecule has 8 heteroatoms. The van der Waals surface area contributed by atoms with Crippen molar-refractivity contribution >= 4 is 11.9 Å². The van der Waals surface area contributed by atoms with E-state index >= 15 is 0 Å². The van der Waals surface area contributed by atoms with Gasteiger partial charge < -0.3 is 15.5 Å². The summed E-state index contributed by atoms with van der Waals surface area (Å²) in [6.07, 6.45) is 5.51. The standard InChI is InChI=1S/C20H24N8/c21-19(26-11-13-27(14-12-26)20-22-8-4-9-23-20)24-15-18-7-10-28(25-18)16-17-5-2-1-3-6-17/h1-10H,11-16H2,(H2,21,24). The van der Waals surface area contributed by atoms with Crippen LogP contribution in [0.3, 0.4) is 0 Å². The Morgan fingerprint density at radius 2 is 1.71 bits per heavy atom. The highest BCUT2D eigenvalue weighted by Crippen LogP contribution is 2.10. The number of piperazine rings is 1. The second-order valence-corrected chi connectivity index (χ2v) is 6.69. The number of guanidine groups is 1. The molecule has 0 aliphatic carbocycles. The van der Waals surface area contributed by atoms with Crippen LogP contribution in [0.4, 0.5) is 5.95 Å². The lowest BCUT2D eigenvalue weighted by molar-refractivity contribution is 0.378. The van der Waals surface area contributed by atoms with E-state index in [1.807, 2.05) is 41.2 Å². The molecule has 1 saturated heterocycles. The first kappa shape index (κ1) is 18.0. The van der Waals surface area contributed by atoms with Gasteiger partial charge in [-0.05, 0) is 17.7 Å². The zero-order valence-corrected chi connectivity index (χ0v) is 15.7. The average Bonchev–Trinajstić information content (AvgIpc) is 3.21. The summed E-state index contributed by atoms with van der Waals surface area (Å²) in [6, 6.07) is 14.1. The first-order valence-corrected chi connectivity index (χ1v) is 9.41. The molecule has 144 valence electrons. The molecule has 0 radical (unpaired) electrons. The fourth-order valence-corrected chi connectivity index (χ4v) is 3.20. The van der Waals surface area contributed by atoms with Crippen LogP contribution in [0, 0.1) is 0 Å². The number of hydrogen-bond donors (Lipinski definition) is 1. The van der Waals surface area contributed by atoms with Crippen LogP contribution >= 0.6 is 0 Å². The fourth-order valence-electron chi connectivity index (χ4n) is 3.20. The van der Waals surface area contributed by atoms with E-state index in [9.17, 15) is 0 Å². The van der Waals surface area contributed by atoms with Crippen molar-refractivity contribution in [2.24, 2.45) is 10.7 Å². The number of nitrogens with two attached hydrogens (primary N) is 1. The van der Waals surface area contributed by atoms with Crippen molar-refractivity contribution in [2.75, 3.05) is 31.1 Å². The van der Waals surface area contributed by atoms with E-state index in [2.05, 4.69) is 42.0 Å². The molecule has 0 bridgehead atoms. The maximum absolute atomic E-state index is 6.20. The zero-order chi connectivity index (χ0) is 19.2. The van der Waals surface area contributed by atoms with Gasteiger partial charge in [0, 0.05) is 44.8 Å². The Labute approximate surface area is 164 Å². The smallest absolute Gasteiger partial charge is 0.225 e. The number of benzene rings is 1. The van der Waals surface area contributed by atoms with Crippen molar-refractivity contribution in [3.63, 3.8) is 0 Å². The average molecular weight is 376 g/mol. The van der Waals surface area contributed by atoms with Crippen molar-refractivity contribution in [1.29, 1.82) is 0 Å². The van der Waals surface area contributed by atoms with Gasteiger partial charge in [0.1, 0.15) is 0 Å². The van der Waals surface area contributed by atoms with E-state index in [4.69, 9.17) is 5.73 Å². The molecular weight excluding hydrogens is 352 g/mol. The van der Waals surface area contributed by atoms with Gasteiger partial charge in [-0.25, -0.2) is 15.0 Å². The Hall–Kier alpha value is -3.42. The Balaban J connectivity index is 1.29. The molecule has 2 aromatic heterocycles. The Bertz CT molecular complexity index is 898. The number of aliphatic imine (C=N–C) groups is 1. The van der Waals surface area contributed by atoms with Crippen LogP contribution in [0.2, 0.25) is 0 Å². The van der Waals surface area contributed by atoms with Gasteiger partial charge in [-0.2, -0.15) is 5.10 Å². The molecule has 8 nitrogen and oxygen atoms in total. The molecule has 3 heterocycles. The van der Waals surface area contributed by atoms with E-state index < -0.39 is 0 Å². The van der Waals surface area contributed by atoms with Crippen LogP contribution in [0.25, 0.3) is 0 Å². The fraction of sp³-hybridized carbons (Fsp3) is 0.300. The lowest BCUT2D eigenvalue weighted by atomic mass is 10.2. The summed E-state index contributed by atoms with van der Waals surface area (Å²) < 4.78 is 1.93. The molecule has 1 aromatic carbocycles. The number of rotatable bonds is 5. The first-order valence-electron chi connectivity index (χ1n) is 9.41. The molecule has 1 fully saturated rings. The quantitative estimate of drug-likeness (QED) is 0.534. The van der Waals surface area contributed by atoms with Gasteiger partial charge in [-0.3, -0.25) is 4.68 Å². The minimum absolute atomic E-state index is 0.482. The Morgan fingerprint density at radius 3 is 2.46 bits per heavy atom. The van der Waals surface area contributed by atoms with E-state index in [0.717, 1.165) is 44.4 Å². The normalized spacial score (nSPS) is 15.1. The number of aromatic nitrogens is 4. The van der Waals surface area contributed by atoms with Crippen LogP contribution in [0.5, 0.6) is 0 Å². The van der Waals surface area contributed by atoms with Gasteiger partial charge in [-0.1, -0.05) is 30.3 Å². The SMILES string of the molecule is NC(=NCc1ccn(Cc2ccccc2)n1)N1CCN(c2ncccn2)CC1. The van der Waals surface area contributed by atoms with Gasteiger partial charge >= 0.3 is 0 Å². The summed E-state index contributed by atoms with van der Waals surface area (Å²) in [4.78, 5) is 17.4. The Kier molecular flexibility index (Phi) is 5.46. The lowest BCUT2D eigenvalue weighted by Crippen LogP contribution is -2.51. The highest BCUT2D eigenvalue weighted by molar-refractivity contribution is 5.78. The number of anilines is 1. The van der Waals surface area contributed by atoms with Gasteiger partial charge in [0.15, 0.2) is 5.96 Å². The van der Waals surface area contributed by atoms with Crippen LogP contribution in [0.15, 0.2) is 66.0 Å². The van der Waals surface area contributed by atoms with E-state index in [-0.39, 0.29) is 0 Å². The van der Waals surface area contributed by atoms with Crippen molar-refractivity contribution in [3.05, 3.63) is 72.3 Å².